The monoisotopic (exact) mass is 368 g/mol. The summed E-state index contributed by atoms with van der Waals surface area (Å²) in [6.45, 7) is -0.0415. The van der Waals surface area contributed by atoms with Gasteiger partial charge >= 0.3 is 6.85 Å². The predicted molar refractivity (Wildman–Crippen MR) is 117 cm³/mol. The largest absolute Gasteiger partial charge is 0.457 e. The molecule has 0 aliphatic carbocycles. The van der Waals surface area contributed by atoms with Gasteiger partial charge in [-0.25, -0.2) is 4.57 Å². The number of benzene rings is 2. The highest BCUT2D eigenvalue weighted by Gasteiger charge is 2.37. The molecule has 0 N–H and O–H groups in total. The van der Waals surface area contributed by atoms with Crippen molar-refractivity contribution in [2.45, 2.75) is 13.7 Å². The van der Waals surface area contributed by atoms with Crippen molar-refractivity contribution in [1.82, 2.24) is 0 Å². The molecule has 2 aromatic carbocycles. The topological polar surface area (TPSA) is 20.3 Å². The minimum atomic E-state index is -2.21. The maximum Gasteiger partial charge on any atom is 0.413 e. The summed E-state index contributed by atoms with van der Waals surface area (Å²) in [6, 6.07) is 19.7. The highest BCUT2D eigenvalue weighted by molar-refractivity contribution is 6.79. The van der Waals surface area contributed by atoms with E-state index in [2.05, 4.69) is 17.7 Å². The zero-order valence-corrected chi connectivity index (χ0v) is 15.9. The van der Waals surface area contributed by atoms with Gasteiger partial charge in [0.1, 0.15) is 11.3 Å². The fourth-order valence-corrected chi connectivity index (χ4v) is 4.08. The standard InChI is InChI=1S/C24H22BN2O/c1-17-16-26(3)23(15-20(17)18-9-5-4-6-10-18)27-14-13-22-24(25(27)2)19-11-7-8-12-21(19)28-22/h4-16H,1-3H3/q+1/i1D3. The van der Waals surface area contributed by atoms with Gasteiger partial charge in [-0.3, -0.25) is 4.81 Å². The third-order valence-electron chi connectivity index (χ3n) is 5.48. The summed E-state index contributed by atoms with van der Waals surface area (Å²) in [6.07, 6.45) is 5.72. The van der Waals surface area contributed by atoms with E-state index in [0.717, 1.165) is 39.1 Å². The molecule has 0 amide bonds. The summed E-state index contributed by atoms with van der Waals surface area (Å²) >= 11 is 0. The number of anilines is 1. The summed E-state index contributed by atoms with van der Waals surface area (Å²) in [5, 5.41) is 1.10. The molecule has 4 aromatic rings. The first-order chi connectivity index (χ1) is 14.8. The van der Waals surface area contributed by atoms with Crippen LogP contribution in [0.2, 0.25) is 6.82 Å². The maximum atomic E-state index is 8.06. The second-order valence-corrected chi connectivity index (χ2v) is 7.21. The van der Waals surface area contributed by atoms with Crippen LogP contribution in [0, 0.1) is 6.85 Å². The van der Waals surface area contributed by atoms with E-state index in [9.17, 15) is 0 Å². The number of fused-ring (bicyclic) bond motifs is 3. The Labute approximate surface area is 169 Å². The van der Waals surface area contributed by atoms with Gasteiger partial charge in [0.25, 0.3) is 5.82 Å². The normalized spacial score (nSPS) is 15.3. The molecular formula is C24H22BN2O+. The van der Waals surface area contributed by atoms with Crippen LogP contribution in [-0.4, -0.2) is 6.85 Å². The summed E-state index contributed by atoms with van der Waals surface area (Å²) in [4.78, 5) is 2.17. The predicted octanol–water partition coefficient (Wildman–Crippen LogP) is 4.55. The van der Waals surface area contributed by atoms with Gasteiger partial charge in [-0.1, -0.05) is 48.5 Å². The van der Waals surface area contributed by atoms with Crippen molar-refractivity contribution in [2.75, 3.05) is 4.81 Å². The van der Waals surface area contributed by atoms with Crippen LogP contribution in [0.15, 0.2) is 77.5 Å². The zero-order valence-electron chi connectivity index (χ0n) is 18.9. The van der Waals surface area contributed by atoms with E-state index in [1.165, 1.54) is 0 Å². The summed E-state index contributed by atoms with van der Waals surface area (Å²) in [5.41, 5.74) is 3.96. The van der Waals surface area contributed by atoms with Gasteiger partial charge < -0.3 is 4.42 Å². The fourth-order valence-electron chi connectivity index (χ4n) is 4.08. The number of aryl methyl sites for hydroxylation is 2. The highest BCUT2D eigenvalue weighted by atomic mass is 16.3. The number of pyridine rings is 1. The van der Waals surface area contributed by atoms with Crippen LogP contribution in [0.4, 0.5) is 5.82 Å². The Kier molecular flexibility index (Phi) is 3.17. The van der Waals surface area contributed by atoms with Crippen molar-refractivity contribution < 1.29 is 13.1 Å². The van der Waals surface area contributed by atoms with Crippen LogP contribution in [0.1, 0.15) is 15.4 Å². The lowest BCUT2D eigenvalue weighted by Crippen LogP contribution is -2.50. The molecule has 0 atom stereocenters. The molecule has 0 bridgehead atoms. The molecule has 0 saturated carbocycles. The molecule has 0 fully saturated rings. The molecule has 28 heavy (non-hydrogen) atoms. The van der Waals surface area contributed by atoms with E-state index in [-0.39, 0.29) is 6.85 Å². The van der Waals surface area contributed by atoms with Crippen LogP contribution in [0.3, 0.4) is 0 Å². The van der Waals surface area contributed by atoms with E-state index in [4.69, 9.17) is 8.53 Å². The average Bonchev–Trinajstić information content (AvgIpc) is 3.13. The lowest BCUT2D eigenvalue weighted by atomic mass is 9.54. The Bertz CT molecular complexity index is 1310. The van der Waals surface area contributed by atoms with E-state index in [0.29, 0.717) is 5.56 Å². The minimum Gasteiger partial charge on any atom is -0.457 e. The SMILES string of the molecule is [2H]C([2H])([2H])c1c[n+](C)c(N2C=Cc3oc4ccccc4c3B2C)cc1-c1ccccc1. The molecule has 136 valence electrons. The Balaban J connectivity index is 1.67. The Hall–Kier alpha value is -3.27. The van der Waals surface area contributed by atoms with Crippen LogP contribution in [-0.2, 0) is 7.05 Å². The number of hydrogen-bond donors (Lipinski definition) is 0. The molecule has 0 unspecified atom stereocenters. The second-order valence-electron chi connectivity index (χ2n) is 7.21. The van der Waals surface area contributed by atoms with Gasteiger partial charge in [-0.15, -0.1) is 0 Å². The number of furan rings is 1. The molecule has 5 rings (SSSR count). The molecule has 1 aliphatic heterocycles. The summed E-state index contributed by atoms with van der Waals surface area (Å²) in [5.74, 6) is 1.78. The Morgan fingerprint density at radius 2 is 1.86 bits per heavy atom. The van der Waals surface area contributed by atoms with E-state index >= 15 is 0 Å². The van der Waals surface area contributed by atoms with Gasteiger partial charge in [-0.05, 0) is 36.4 Å². The number of nitrogens with zero attached hydrogens (tertiary/aromatic N) is 2. The second kappa shape index (κ2) is 6.41. The number of hydrogen-bond acceptors (Lipinski definition) is 2. The van der Waals surface area contributed by atoms with Gasteiger partial charge in [0.2, 0.25) is 0 Å². The van der Waals surface area contributed by atoms with Crippen molar-refractivity contribution in [3.8, 4) is 11.1 Å². The lowest BCUT2D eigenvalue weighted by molar-refractivity contribution is -0.658. The first-order valence-electron chi connectivity index (χ1n) is 10.9. The van der Waals surface area contributed by atoms with Gasteiger partial charge in [0.15, 0.2) is 0 Å². The van der Waals surface area contributed by atoms with Crippen molar-refractivity contribution in [2.24, 2.45) is 7.05 Å². The molecular weight excluding hydrogens is 343 g/mol. The number of rotatable bonds is 2. The highest BCUT2D eigenvalue weighted by Crippen LogP contribution is 2.29. The summed E-state index contributed by atoms with van der Waals surface area (Å²) < 4.78 is 32.1. The molecule has 0 saturated heterocycles. The molecule has 3 nitrogen and oxygen atoms in total. The van der Waals surface area contributed by atoms with Crippen LogP contribution < -0.4 is 14.8 Å². The number of aromatic nitrogens is 1. The quantitative estimate of drug-likeness (QED) is 0.382. The molecule has 4 heteroatoms. The van der Waals surface area contributed by atoms with E-state index < -0.39 is 6.85 Å². The van der Waals surface area contributed by atoms with Gasteiger partial charge in [0, 0.05) is 27.1 Å². The maximum absolute atomic E-state index is 8.06. The van der Waals surface area contributed by atoms with Crippen LogP contribution in [0.5, 0.6) is 0 Å². The van der Waals surface area contributed by atoms with Crippen LogP contribution in [0.25, 0.3) is 28.2 Å². The first-order valence-corrected chi connectivity index (χ1v) is 9.42. The molecule has 0 spiro atoms. The van der Waals surface area contributed by atoms with E-state index in [1.54, 1.807) is 6.20 Å². The first kappa shape index (κ1) is 13.8. The molecule has 0 radical (unpaired) electrons. The third-order valence-corrected chi connectivity index (χ3v) is 5.48. The molecule has 2 aromatic heterocycles. The van der Waals surface area contributed by atoms with Crippen molar-refractivity contribution in [3.05, 3.63) is 84.4 Å². The van der Waals surface area contributed by atoms with Crippen molar-refractivity contribution >= 4 is 35.2 Å². The summed E-state index contributed by atoms with van der Waals surface area (Å²) in [7, 11) is 1.89. The van der Waals surface area contributed by atoms with Gasteiger partial charge in [-0.2, -0.15) is 0 Å². The smallest absolute Gasteiger partial charge is 0.413 e. The Morgan fingerprint density at radius 3 is 2.68 bits per heavy atom. The van der Waals surface area contributed by atoms with Crippen LogP contribution >= 0.6 is 0 Å². The van der Waals surface area contributed by atoms with Gasteiger partial charge in [0.05, 0.1) is 19.4 Å². The Morgan fingerprint density at radius 1 is 1.07 bits per heavy atom. The van der Waals surface area contributed by atoms with E-state index in [1.807, 2.05) is 78.5 Å². The minimum absolute atomic E-state index is 0.0251. The van der Waals surface area contributed by atoms with Crippen molar-refractivity contribution in [1.29, 1.82) is 0 Å². The zero-order chi connectivity index (χ0) is 21.8. The third kappa shape index (κ3) is 2.56. The molecule has 3 heterocycles. The lowest BCUT2D eigenvalue weighted by Gasteiger charge is -2.23. The van der Waals surface area contributed by atoms with Crippen molar-refractivity contribution in [3.63, 3.8) is 0 Å². The average molecular weight is 368 g/mol. The molecule has 1 aliphatic rings. The number of para-hydroxylation sites is 1. The fraction of sp³-hybridized carbons (Fsp3) is 0.125.